The summed E-state index contributed by atoms with van der Waals surface area (Å²) in [7, 11) is 0. The van der Waals surface area contributed by atoms with E-state index >= 15 is 0 Å². The molecule has 1 N–H and O–H groups in total. The third-order valence-corrected chi connectivity index (χ3v) is 7.20. The van der Waals surface area contributed by atoms with Gasteiger partial charge < -0.3 is 5.11 Å². The van der Waals surface area contributed by atoms with Crippen LogP contribution in [0.25, 0.3) is 16.8 Å². The van der Waals surface area contributed by atoms with Gasteiger partial charge >= 0.3 is 0 Å². The number of nitrogens with zero attached hydrogens (tertiary/aromatic N) is 3. The number of halogens is 2. The smallest absolute Gasteiger partial charge is 0.293 e. The SMILES string of the molecule is O=C1S/C(=C\c2cc(N=Nc3cccc4ccccc34)ccc2O)C(=O)N1Cc1c(Cl)cccc1Cl. The van der Waals surface area contributed by atoms with Gasteiger partial charge in [0, 0.05) is 26.6 Å². The predicted octanol–water partition coefficient (Wildman–Crippen LogP) is 8.50. The third kappa shape index (κ3) is 4.86. The van der Waals surface area contributed by atoms with Crippen molar-refractivity contribution in [1.29, 1.82) is 0 Å². The Morgan fingerprint density at radius 3 is 2.42 bits per heavy atom. The average molecular weight is 534 g/mol. The molecule has 9 heteroatoms. The second-order valence-corrected chi connectivity index (χ2v) is 9.72. The summed E-state index contributed by atoms with van der Waals surface area (Å²) in [6.45, 7) is -0.0498. The van der Waals surface area contributed by atoms with Gasteiger partial charge in [-0.3, -0.25) is 14.5 Å². The highest BCUT2D eigenvalue weighted by atomic mass is 35.5. The fourth-order valence-electron chi connectivity index (χ4n) is 3.75. The summed E-state index contributed by atoms with van der Waals surface area (Å²) in [6.07, 6.45) is 1.46. The normalized spacial score (nSPS) is 15.1. The van der Waals surface area contributed by atoms with Gasteiger partial charge in [-0.05, 0) is 59.6 Å². The van der Waals surface area contributed by atoms with Gasteiger partial charge in [-0.15, -0.1) is 5.11 Å². The monoisotopic (exact) mass is 533 g/mol. The number of amides is 2. The molecule has 1 heterocycles. The Labute approximate surface area is 220 Å². The maximum Gasteiger partial charge on any atom is 0.293 e. The topological polar surface area (TPSA) is 82.3 Å². The molecule has 2 amide bonds. The van der Waals surface area contributed by atoms with E-state index in [2.05, 4.69) is 10.2 Å². The van der Waals surface area contributed by atoms with E-state index in [4.69, 9.17) is 23.2 Å². The number of carbonyl (C=O) groups is 2. The number of benzene rings is 4. The number of phenols is 1. The van der Waals surface area contributed by atoms with Crippen LogP contribution < -0.4 is 0 Å². The molecule has 0 spiro atoms. The summed E-state index contributed by atoms with van der Waals surface area (Å²) in [6, 6.07) is 23.3. The Kier molecular flexibility index (Phi) is 6.78. The van der Waals surface area contributed by atoms with Crippen LogP contribution in [-0.4, -0.2) is 21.2 Å². The molecule has 6 nitrogen and oxygen atoms in total. The lowest BCUT2D eigenvalue weighted by molar-refractivity contribution is -0.123. The summed E-state index contributed by atoms with van der Waals surface area (Å²) in [5.41, 5.74) is 2.02. The average Bonchev–Trinajstić information content (AvgIpc) is 3.13. The molecule has 0 atom stereocenters. The summed E-state index contributed by atoms with van der Waals surface area (Å²) in [5.74, 6) is -0.553. The molecule has 0 saturated carbocycles. The zero-order valence-corrected chi connectivity index (χ0v) is 20.9. The van der Waals surface area contributed by atoms with E-state index in [-0.39, 0.29) is 17.2 Å². The van der Waals surface area contributed by atoms with E-state index in [0.717, 1.165) is 27.4 Å². The second-order valence-electron chi connectivity index (χ2n) is 7.91. The van der Waals surface area contributed by atoms with Crippen LogP contribution in [0.2, 0.25) is 10.0 Å². The van der Waals surface area contributed by atoms with Crippen LogP contribution in [0.5, 0.6) is 5.75 Å². The number of fused-ring (bicyclic) bond motifs is 1. The van der Waals surface area contributed by atoms with Crippen molar-refractivity contribution in [3.05, 3.63) is 105 Å². The van der Waals surface area contributed by atoms with E-state index in [1.807, 2.05) is 42.5 Å². The first kappa shape index (κ1) is 24.1. The number of carbonyl (C=O) groups excluding carboxylic acids is 2. The van der Waals surface area contributed by atoms with Crippen LogP contribution in [0.1, 0.15) is 11.1 Å². The maximum atomic E-state index is 13.0. The van der Waals surface area contributed by atoms with Crippen molar-refractivity contribution in [3.63, 3.8) is 0 Å². The first-order chi connectivity index (χ1) is 17.4. The lowest BCUT2D eigenvalue weighted by Crippen LogP contribution is -2.27. The van der Waals surface area contributed by atoms with Gasteiger partial charge in [-0.25, -0.2) is 0 Å². The molecule has 1 aliphatic rings. The van der Waals surface area contributed by atoms with Gasteiger partial charge in [0.25, 0.3) is 11.1 Å². The Morgan fingerprint density at radius 1 is 0.889 bits per heavy atom. The molecule has 4 aromatic rings. The summed E-state index contributed by atoms with van der Waals surface area (Å²) < 4.78 is 0. The zero-order valence-electron chi connectivity index (χ0n) is 18.6. The number of azo groups is 1. The summed E-state index contributed by atoms with van der Waals surface area (Å²) >= 11 is 13.2. The molecule has 1 saturated heterocycles. The standard InChI is InChI=1S/C27H17Cl2N3O3S/c28-21-8-4-9-22(29)20(21)15-32-26(34)25(36-27(32)35)14-17-13-18(11-12-24(17)33)30-31-23-10-3-6-16-5-1-2-7-19(16)23/h1-14,33H,15H2/b25-14-,31-30?. The molecule has 178 valence electrons. The first-order valence-electron chi connectivity index (χ1n) is 10.8. The summed E-state index contributed by atoms with van der Waals surface area (Å²) in [5, 5.41) is 21.4. The van der Waals surface area contributed by atoms with Crippen molar-refractivity contribution in [2.45, 2.75) is 6.54 Å². The van der Waals surface area contributed by atoms with E-state index in [1.54, 1.807) is 30.3 Å². The van der Waals surface area contributed by atoms with Gasteiger partial charge in [0.2, 0.25) is 0 Å². The minimum Gasteiger partial charge on any atom is -0.507 e. The Bertz CT molecular complexity index is 1560. The second kappa shape index (κ2) is 10.1. The number of imide groups is 1. The number of aromatic hydroxyl groups is 1. The van der Waals surface area contributed by atoms with E-state index < -0.39 is 11.1 Å². The van der Waals surface area contributed by atoms with Crippen LogP contribution in [0.15, 0.2) is 94.0 Å². The quantitative estimate of drug-likeness (QED) is 0.206. The van der Waals surface area contributed by atoms with Crippen LogP contribution in [0, 0.1) is 0 Å². The van der Waals surface area contributed by atoms with Gasteiger partial charge in [0.1, 0.15) is 5.75 Å². The Balaban J connectivity index is 1.41. The van der Waals surface area contributed by atoms with Gasteiger partial charge in [0.15, 0.2) is 0 Å². The van der Waals surface area contributed by atoms with Crippen LogP contribution in [0.4, 0.5) is 16.2 Å². The minimum atomic E-state index is -0.497. The fourth-order valence-corrected chi connectivity index (χ4v) is 5.09. The van der Waals surface area contributed by atoms with Crippen molar-refractivity contribution in [2.24, 2.45) is 10.2 Å². The van der Waals surface area contributed by atoms with Crippen LogP contribution >= 0.6 is 35.0 Å². The van der Waals surface area contributed by atoms with Crippen molar-refractivity contribution in [1.82, 2.24) is 4.90 Å². The third-order valence-electron chi connectivity index (χ3n) is 5.59. The maximum absolute atomic E-state index is 13.0. The van der Waals surface area contributed by atoms with Crippen molar-refractivity contribution in [3.8, 4) is 5.75 Å². The van der Waals surface area contributed by atoms with Gasteiger partial charge in [-0.1, -0.05) is 65.7 Å². The summed E-state index contributed by atoms with van der Waals surface area (Å²) in [4.78, 5) is 26.8. The lowest BCUT2D eigenvalue weighted by atomic mass is 10.1. The molecular formula is C27H17Cl2N3O3S. The van der Waals surface area contributed by atoms with E-state index in [9.17, 15) is 14.7 Å². The van der Waals surface area contributed by atoms with Crippen LogP contribution in [-0.2, 0) is 11.3 Å². The van der Waals surface area contributed by atoms with Crippen molar-refractivity contribution < 1.29 is 14.7 Å². The lowest BCUT2D eigenvalue weighted by Gasteiger charge is -2.14. The number of hydrogen-bond donors (Lipinski definition) is 1. The van der Waals surface area contributed by atoms with Crippen molar-refractivity contribution >= 4 is 74.3 Å². The molecule has 1 aliphatic heterocycles. The Morgan fingerprint density at radius 2 is 1.61 bits per heavy atom. The van der Waals surface area contributed by atoms with E-state index in [0.29, 0.717) is 32.5 Å². The molecule has 1 fully saturated rings. The molecule has 36 heavy (non-hydrogen) atoms. The number of rotatable bonds is 5. The van der Waals surface area contributed by atoms with Crippen LogP contribution in [0.3, 0.4) is 0 Å². The highest BCUT2D eigenvalue weighted by Crippen LogP contribution is 2.37. The number of thioether (sulfide) groups is 1. The fraction of sp³-hybridized carbons (Fsp3) is 0.0370. The zero-order chi connectivity index (χ0) is 25.2. The molecule has 0 radical (unpaired) electrons. The molecule has 0 bridgehead atoms. The van der Waals surface area contributed by atoms with Crippen molar-refractivity contribution in [2.75, 3.05) is 0 Å². The first-order valence-corrected chi connectivity index (χ1v) is 12.4. The largest absolute Gasteiger partial charge is 0.507 e. The Hall–Kier alpha value is -3.65. The predicted molar refractivity (Wildman–Crippen MR) is 144 cm³/mol. The number of phenolic OH excluding ortho intramolecular Hbond substituents is 1. The highest BCUT2D eigenvalue weighted by Gasteiger charge is 2.36. The molecule has 4 aromatic carbocycles. The molecular weight excluding hydrogens is 517 g/mol. The number of hydrogen-bond acceptors (Lipinski definition) is 6. The molecule has 5 rings (SSSR count). The minimum absolute atomic E-state index is 0.0498. The molecule has 0 unspecified atom stereocenters. The molecule has 0 aromatic heterocycles. The molecule has 0 aliphatic carbocycles. The highest BCUT2D eigenvalue weighted by molar-refractivity contribution is 8.18. The van der Waals surface area contributed by atoms with Gasteiger partial charge in [0.05, 0.1) is 22.8 Å². The van der Waals surface area contributed by atoms with E-state index in [1.165, 1.54) is 12.1 Å². The van der Waals surface area contributed by atoms with Gasteiger partial charge in [-0.2, -0.15) is 5.11 Å².